The molecule has 0 radical (unpaired) electrons. The Balaban J connectivity index is 3.10. The van der Waals surface area contributed by atoms with E-state index >= 15 is 0 Å². The quantitative estimate of drug-likeness (QED) is 0.712. The van der Waals surface area contributed by atoms with Gasteiger partial charge in [0.05, 0.1) is 0 Å². The molecule has 1 rings (SSSR count). The monoisotopic (exact) mass is 349 g/mol. The van der Waals surface area contributed by atoms with Crippen LogP contribution in [0.1, 0.15) is 69.4 Å². The number of nitrogens with one attached hydrogen (secondary N) is 1. The smallest absolute Gasteiger partial charge is 0.251 e. The van der Waals surface area contributed by atoms with Crippen molar-refractivity contribution in [3.63, 3.8) is 0 Å². The third-order valence-corrected chi connectivity index (χ3v) is 4.59. The number of phenols is 1. The Morgan fingerprint density at radius 2 is 1.67 bits per heavy atom. The van der Waals surface area contributed by atoms with Crippen LogP contribution in [0.3, 0.4) is 0 Å². The number of rotatable bonds is 6. The van der Waals surface area contributed by atoms with Gasteiger partial charge < -0.3 is 10.4 Å². The average Bonchev–Trinajstić information content (AvgIpc) is 2.44. The number of thioether (sulfide) groups is 1. The van der Waals surface area contributed by atoms with E-state index in [1.54, 1.807) is 11.8 Å². The highest BCUT2D eigenvalue weighted by atomic mass is 32.2. The molecule has 2 N–H and O–H groups in total. The van der Waals surface area contributed by atoms with Crippen molar-refractivity contribution in [2.24, 2.45) is 0 Å². The lowest BCUT2D eigenvalue weighted by Gasteiger charge is -2.28. The summed E-state index contributed by atoms with van der Waals surface area (Å²) in [4.78, 5) is 12.5. The van der Waals surface area contributed by atoms with E-state index in [1.165, 1.54) is 0 Å². The molecular weight excluding hydrogens is 318 g/mol. The summed E-state index contributed by atoms with van der Waals surface area (Å²) >= 11 is 1.65. The highest BCUT2D eigenvalue weighted by molar-refractivity contribution is 8.02. The number of hydrogen-bond acceptors (Lipinski definition) is 3. The molecule has 1 aromatic rings. The van der Waals surface area contributed by atoms with Crippen LogP contribution in [-0.4, -0.2) is 23.3 Å². The molecule has 0 aromatic heterocycles. The lowest BCUT2D eigenvalue weighted by molar-refractivity contribution is 0.0953. The Morgan fingerprint density at radius 1 is 1.17 bits per heavy atom. The summed E-state index contributed by atoms with van der Waals surface area (Å²) < 4.78 is 0. The Hall–Kier alpha value is -1.42. The van der Waals surface area contributed by atoms with Gasteiger partial charge in [-0.15, -0.1) is 11.8 Å². The van der Waals surface area contributed by atoms with Crippen LogP contribution in [0, 0.1) is 0 Å². The van der Waals surface area contributed by atoms with Crippen LogP contribution in [-0.2, 0) is 10.8 Å². The second-order valence-electron chi connectivity index (χ2n) is 8.07. The van der Waals surface area contributed by atoms with Crippen LogP contribution in [0.5, 0.6) is 5.75 Å². The van der Waals surface area contributed by atoms with E-state index in [2.05, 4.69) is 11.9 Å². The zero-order chi connectivity index (χ0) is 18.5. The summed E-state index contributed by atoms with van der Waals surface area (Å²) in [5.74, 6) is 1.16. The van der Waals surface area contributed by atoms with Gasteiger partial charge in [0.25, 0.3) is 5.91 Å². The average molecular weight is 350 g/mol. The summed E-state index contributed by atoms with van der Waals surface area (Å²) in [5, 5.41) is 15.5. The van der Waals surface area contributed by atoms with E-state index < -0.39 is 0 Å². The van der Waals surface area contributed by atoms with Gasteiger partial charge in [0, 0.05) is 23.2 Å². The van der Waals surface area contributed by atoms with Crippen molar-refractivity contribution in [3.05, 3.63) is 40.8 Å². The Morgan fingerprint density at radius 3 is 2.08 bits per heavy atom. The van der Waals surface area contributed by atoms with Crippen molar-refractivity contribution < 1.29 is 9.90 Å². The fourth-order valence-electron chi connectivity index (χ4n) is 2.45. The van der Waals surface area contributed by atoms with Gasteiger partial charge in [-0.2, -0.15) is 0 Å². The topological polar surface area (TPSA) is 49.3 Å². The number of carbonyl (C=O) groups excluding carboxylic acids is 1. The van der Waals surface area contributed by atoms with E-state index in [9.17, 15) is 9.90 Å². The van der Waals surface area contributed by atoms with Gasteiger partial charge in [0.2, 0.25) is 0 Å². The second kappa shape index (κ2) is 8.11. The predicted molar refractivity (Wildman–Crippen MR) is 105 cm³/mol. The molecule has 134 valence electrons. The number of phenolic OH excluding ortho intramolecular Hbond substituents is 1. The van der Waals surface area contributed by atoms with Gasteiger partial charge in [0.1, 0.15) is 5.75 Å². The van der Waals surface area contributed by atoms with Gasteiger partial charge in [-0.1, -0.05) is 48.1 Å². The molecule has 0 aliphatic rings. The van der Waals surface area contributed by atoms with Crippen molar-refractivity contribution in [1.29, 1.82) is 0 Å². The Kier molecular flexibility index (Phi) is 6.97. The molecule has 0 aliphatic carbocycles. The van der Waals surface area contributed by atoms with Crippen molar-refractivity contribution >= 4 is 17.7 Å². The first-order valence-electron chi connectivity index (χ1n) is 8.37. The number of carbonyl (C=O) groups is 1. The number of benzene rings is 1. The highest BCUT2D eigenvalue weighted by Crippen LogP contribution is 2.39. The normalized spacial score (nSPS) is 12.1. The SMILES string of the molecule is C=CSCCCNC(=O)c1cc(C(C)(C)C)c(O)c(C(C)(C)C)c1. The summed E-state index contributed by atoms with van der Waals surface area (Å²) in [6.07, 6.45) is 0.902. The zero-order valence-electron chi connectivity index (χ0n) is 15.8. The third kappa shape index (κ3) is 5.59. The van der Waals surface area contributed by atoms with Crippen LogP contribution in [0.4, 0.5) is 0 Å². The molecule has 4 heteroatoms. The van der Waals surface area contributed by atoms with E-state index in [0.717, 1.165) is 23.3 Å². The van der Waals surface area contributed by atoms with Crippen molar-refractivity contribution in [2.45, 2.75) is 58.8 Å². The Bertz CT molecular complexity index is 560. The molecule has 1 amide bonds. The van der Waals surface area contributed by atoms with Gasteiger partial charge in [-0.3, -0.25) is 4.79 Å². The zero-order valence-corrected chi connectivity index (χ0v) is 16.6. The summed E-state index contributed by atoms with van der Waals surface area (Å²) in [7, 11) is 0. The maximum absolute atomic E-state index is 12.5. The van der Waals surface area contributed by atoms with E-state index in [1.807, 2.05) is 59.1 Å². The minimum atomic E-state index is -0.235. The molecular formula is C20H31NO2S. The maximum atomic E-state index is 12.5. The third-order valence-electron chi connectivity index (χ3n) is 3.83. The van der Waals surface area contributed by atoms with Crippen molar-refractivity contribution in [3.8, 4) is 5.75 Å². The van der Waals surface area contributed by atoms with Crippen LogP contribution < -0.4 is 5.32 Å². The van der Waals surface area contributed by atoms with E-state index in [0.29, 0.717) is 17.9 Å². The molecule has 24 heavy (non-hydrogen) atoms. The summed E-state index contributed by atoms with van der Waals surface area (Å²) in [6, 6.07) is 3.64. The molecule has 0 fully saturated rings. The van der Waals surface area contributed by atoms with Crippen molar-refractivity contribution in [1.82, 2.24) is 5.32 Å². The van der Waals surface area contributed by atoms with Crippen LogP contribution >= 0.6 is 11.8 Å². The van der Waals surface area contributed by atoms with Gasteiger partial charge in [-0.25, -0.2) is 0 Å². The highest BCUT2D eigenvalue weighted by Gasteiger charge is 2.27. The second-order valence-corrected chi connectivity index (χ2v) is 9.14. The molecule has 1 aromatic carbocycles. The first-order chi connectivity index (χ1) is 11.0. The molecule has 0 atom stereocenters. The number of aromatic hydroxyl groups is 1. The lowest BCUT2D eigenvalue weighted by atomic mass is 9.78. The molecule has 0 heterocycles. The van der Waals surface area contributed by atoms with E-state index in [-0.39, 0.29) is 16.7 Å². The number of hydrogen-bond donors (Lipinski definition) is 2. The van der Waals surface area contributed by atoms with Gasteiger partial charge in [-0.05, 0) is 40.5 Å². The fraction of sp³-hybridized carbons (Fsp3) is 0.550. The van der Waals surface area contributed by atoms with Crippen molar-refractivity contribution in [2.75, 3.05) is 12.3 Å². The lowest BCUT2D eigenvalue weighted by Crippen LogP contribution is -2.26. The van der Waals surface area contributed by atoms with Gasteiger partial charge >= 0.3 is 0 Å². The molecule has 0 saturated carbocycles. The summed E-state index contributed by atoms with van der Waals surface area (Å²) in [6.45, 7) is 16.6. The first-order valence-corrected chi connectivity index (χ1v) is 9.42. The minimum absolute atomic E-state index is 0.0883. The molecule has 3 nitrogen and oxygen atoms in total. The number of amides is 1. The van der Waals surface area contributed by atoms with Crippen LogP contribution in [0.15, 0.2) is 24.1 Å². The fourth-order valence-corrected chi connectivity index (χ4v) is 2.93. The predicted octanol–water partition coefficient (Wildman–Crippen LogP) is 4.98. The standard InChI is InChI=1S/C20H31NO2S/c1-8-24-11-9-10-21-18(23)14-12-15(19(2,3)4)17(22)16(13-14)20(5,6)7/h8,12-13,22H,1,9-11H2,2-7H3,(H,21,23). The van der Waals surface area contributed by atoms with Crippen LogP contribution in [0.25, 0.3) is 0 Å². The largest absolute Gasteiger partial charge is 0.507 e. The van der Waals surface area contributed by atoms with E-state index in [4.69, 9.17) is 0 Å². The first kappa shape index (κ1) is 20.6. The maximum Gasteiger partial charge on any atom is 0.251 e. The summed E-state index contributed by atoms with van der Waals surface area (Å²) in [5.41, 5.74) is 1.76. The molecule has 0 saturated heterocycles. The molecule has 0 aliphatic heterocycles. The molecule has 0 bridgehead atoms. The Labute approximate surface area is 150 Å². The van der Waals surface area contributed by atoms with Gasteiger partial charge in [0.15, 0.2) is 0 Å². The van der Waals surface area contributed by atoms with Crippen LogP contribution in [0.2, 0.25) is 0 Å². The molecule has 0 spiro atoms. The molecule has 0 unspecified atom stereocenters. The minimum Gasteiger partial charge on any atom is -0.507 e.